The maximum Gasteiger partial charge on any atom is 0.573 e. The van der Waals surface area contributed by atoms with Crippen molar-refractivity contribution in [2.45, 2.75) is 108 Å². The van der Waals surface area contributed by atoms with E-state index in [9.17, 15) is 40.8 Å². The van der Waals surface area contributed by atoms with Gasteiger partial charge in [-0.25, -0.2) is 18.2 Å². The Hall–Kier alpha value is -4.61. The van der Waals surface area contributed by atoms with E-state index in [1.165, 1.54) is 35.4 Å². The molecule has 2 heterocycles. The molecule has 1 aromatic heterocycles. The van der Waals surface area contributed by atoms with Gasteiger partial charge in [0.2, 0.25) is 27.7 Å². The summed E-state index contributed by atoms with van der Waals surface area (Å²) in [6.07, 6.45) is -3.46. The number of pyridine rings is 1. The Morgan fingerprint density at radius 2 is 1.74 bits per heavy atom. The van der Waals surface area contributed by atoms with Gasteiger partial charge in [0.1, 0.15) is 35.1 Å². The molecule has 1 aromatic carbocycles. The molecule has 290 valence electrons. The predicted octanol–water partition coefficient (Wildman–Crippen LogP) is 4.09. The van der Waals surface area contributed by atoms with E-state index >= 15 is 0 Å². The zero-order chi connectivity index (χ0) is 39.3. The molecule has 5 atom stereocenters. The van der Waals surface area contributed by atoms with Gasteiger partial charge in [-0.05, 0) is 63.6 Å². The number of hydrogen-bond donors (Lipinski definition) is 3. The van der Waals surface area contributed by atoms with Crippen molar-refractivity contribution in [3.63, 3.8) is 0 Å². The summed E-state index contributed by atoms with van der Waals surface area (Å²) >= 11 is 0. The van der Waals surface area contributed by atoms with Gasteiger partial charge in [0.05, 0.1) is 11.8 Å². The molecule has 53 heavy (non-hydrogen) atoms. The Bertz CT molecular complexity index is 1910. The summed E-state index contributed by atoms with van der Waals surface area (Å²) in [5.74, 6) is -3.61. The molecule has 0 spiro atoms. The largest absolute Gasteiger partial charge is 0.573 e. The average Bonchev–Trinajstić information content (AvgIpc) is 3.95. The van der Waals surface area contributed by atoms with Crippen molar-refractivity contribution in [2.75, 3.05) is 6.54 Å². The van der Waals surface area contributed by atoms with Gasteiger partial charge < -0.3 is 29.7 Å². The zero-order valence-electron chi connectivity index (χ0n) is 30.2. The lowest BCUT2D eigenvalue weighted by atomic mass is 9.85. The van der Waals surface area contributed by atoms with Crippen molar-refractivity contribution >= 4 is 44.6 Å². The van der Waals surface area contributed by atoms with Gasteiger partial charge in [0, 0.05) is 29.3 Å². The summed E-state index contributed by atoms with van der Waals surface area (Å²) in [6.45, 7) is 13.5. The summed E-state index contributed by atoms with van der Waals surface area (Å²) in [5, 5.41) is 4.80. The molecule has 3 N–H and O–H groups in total. The van der Waals surface area contributed by atoms with Crippen LogP contribution in [0.2, 0.25) is 0 Å². The van der Waals surface area contributed by atoms with Gasteiger partial charge in [-0.1, -0.05) is 32.9 Å². The summed E-state index contributed by atoms with van der Waals surface area (Å²) in [6, 6.07) is 2.72. The average molecular weight is 768 g/mol. The molecule has 18 heteroatoms. The van der Waals surface area contributed by atoms with Crippen molar-refractivity contribution in [3.05, 3.63) is 43.1 Å². The summed E-state index contributed by atoms with van der Waals surface area (Å²) in [4.78, 5) is 60.3. The summed E-state index contributed by atoms with van der Waals surface area (Å²) in [7, 11) is -3.97. The maximum absolute atomic E-state index is 14.4. The van der Waals surface area contributed by atoms with Crippen LogP contribution in [0.4, 0.5) is 18.0 Å². The van der Waals surface area contributed by atoms with E-state index in [1.807, 2.05) is 0 Å². The van der Waals surface area contributed by atoms with Crippen molar-refractivity contribution in [2.24, 2.45) is 11.3 Å². The fraction of sp³-hybridized carbons (Fsp3) is 0.571. The van der Waals surface area contributed by atoms with Crippen molar-refractivity contribution in [3.8, 4) is 11.6 Å². The molecule has 5 unspecified atom stereocenters. The minimum atomic E-state index is -4.97. The molecule has 2 saturated carbocycles. The Morgan fingerprint density at radius 1 is 1.06 bits per heavy atom. The highest BCUT2D eigenvalue weighted by Crippen LogP contribution is 2.46. The predicted molar refractivity (Wildman–Crippen MR) is 185 cm³/mol. The number of carbonyl (C=O) groups excluding carboxylic acids is 4. The van der Waals surface area contributed by atoms with E-state index in [-0.39, 0.29) is 36.0 Å². The van der Waals surface area contributed by atoms with Crippen LogP contribution in [0.15, 0.2) is 43.1 Å². The number of ether oxygens (including phenoxy) is 3. The molecule has 4 amide bonds. The number of benzene rings is 1. The third-order valence-electron chi connectivity index (χ3n) is 9.10. The number of hydrogen-bond acceptors (Lipinski definition) is 10. The van der Waals surface area contributed by atoms with Crippen LogP contribution < -0.4 is 24.8 Å². The van der Waals surface area contributed by atoms with Crippen LogP contribution >= 0.6 is 0 Å². The third-order valence-corrected chi connectivity index (χ3v) is 10.9. The van der Waals surface area contributed by atoms with Crippen LogP contribution in [0.3, 0.4) is 0 Å². The lowest BCUT2D eigenvalue weighted by Crippen LogP contribution is -2.60. The molecule has 2 aliphatic carbocycles. The van der Waals surface area contributed by atoms with Crippen LogP contribution in [0.25, 0.3) is 10.8 Å². The van der Waals surface area contributed by atoms with Gasteiger partial charge >= 0.3 is 12.5 Å². The monoisotopic (exact) mass is 767 g/mol. The van der Waals surface area contributed by atoms with Crippen molar-refractivity contribution in [1.29, 1.82) is 0 Å². The minimum absolute atomic E-state index is 0.0442. The first-order valence-electron chi connectivity index (χ1n) is 17.0. The Balaban J connectivity index is 1.46. The maximum atomic E-state index is 14.4. The Kier molecular flexibility index (Phi) is 10.4. The number of alkyl carbamates (subject to hydrolysis) is 1. The first-order valence-corrected chi connectivity index (χ1v) is 18.6. The van der Waals surface area contributed by atoms with E-state index in [2.05, 4.69) is 31.7 Å². The van der Waals surface area contributed by atoms with Gasteiger partial charge in [-0.3, -0.25) is 19.1 Å². The van der Waals surface area contributed by atoms with Crippen LogP contribution in [0, 0.1) is 11.3 Å². The normalized spacial score (nSPS) is 23.8. The lowest BCUT2D eigenvalue weighted by Gasteiger charge is -2.36. The molecular formula is C35H44F3N5O9S. The van der Waals surface area contributed by atoms with Crippen molar-refractivity contribution in [1.82, 2.24) is 25.2 Å². The molecule has 14 nitrogen and oxygen atoms in total. The number of aromatic nitrogens is 1. The second kappa shape index (κ2) is 14.0. The number of nitrogens with one attached hydrogen (secondary N) is 3. The molecule has 1 aliphatic heterocycles. The minimum Gasteiger partial charge on any atom is -0.472 e. The first-order chi connectivity index (χ1) is 24.4. The summed E-state index contributed by atoms with van der Waals surface area (Å²) < 4.78 is 82.6. The number of carbonyl (C=O) groups is 4. The highest BCUT2D eigenvalue weighted by atomic mass is 32.2. The highest BCUT2D eigenvalue weighted by molar-refractivity contribution is 7.91. The highest BCUT2D eigenvalue weighted by Gasteiger charge is 2.62. The van der Waals surface area contributed by atoms with Crippen molar-refractivity contribution < 1.29 is 55.0 Å². The summed E-state index contributed by atoms with van der Waals surface area (Å²) in [5.41, 5.74) is -3.46. The second-order valence-corrected chi connectivity index (χ2v) is 17.6. The number of fused-ring (bicyclic) bond motifs is 1. The van der Waals surface area contributed by atoms with E-state index in [1.54, 1.807) is 41.5 Å². The van der Waals surface area contributed by atoms with E-state index in [0.29, 0.717) is 12.8 Å². The fourth-order valence-electron chi connectivity index (χ4n) is 6.25. The molecule has 0 radical (unpaired) electrons. The van der Waals surface area contributed by atoms with Crippen LogP contribution in [0.1, 0.15) is 67.2 Å². The smallest absolute Gasteiger partial charge is 0.472 e. The van der Waals surface area contributed by atoms with Gasteiger partial charge in [0.25, 0.3) is 5.91 Å². The Labute approximate surface area is 305 Å². The van der Waals surface area contributed by atoms with Gasteiger partial charge in [0.15, 0.2) is 0 Å². The second-order valence-electron chi connectivity index (χ2n) is 15.6. The molecule has 0 bridgehead atoms. The first kappa shape index (κ1) is 39.6. The van der Waals surface area contributed by atoms with E-state index in [4.69, 9.17) is 9.47 Å². The number of nitrogens with zero attached hydrogens (tertiary/aromatic N) is 2. The number of amides is 4. The molecule has 3 aliphatic rings. The number of sulfonamides is 1. The molecule has 2 aromatic rings. The SMILES string of the molecule is C=CC1CC1(NC(=O)C1CC(Oc2nccc3c(OC(F)(F)F)cccc23)CN1C(=O)C(NC(=O)OC(C)(C)C)C(C)(C)C)C(=O)NS(=O)(=O)C1CC1. The Morgan fingerprint density at radius 3 is 2.30 bits per heavy atom. The number of halogens is 3. The van der Waals surface area contributed by atoms with E-state index < -0.39 is 91.9 Å². The standard InChI is InChI=1S/C35H44F3N5O9S/c1-8-19-17-34(19,30(46)42-53(48,49)21-12-13-21)41-27(44)24-16-20(18-43(24)29(45)26(32(2,3)4)40-31(47)52-33(5,6)7)50-28-23-10-9-11-25(51-35(36,37)38)22(23)14-15-39-28/h8-11,14-15,19-21,24,26H,1,12-13,16-18H2,2-7H3,(H,40,47)(H,41,44)(H,42,46). The number of likely N-dealkylation sites (tertiary alicyclic amines) is 1. The van der Waals surface area contributed by atoms with Crippen LogP contribution in [-0.4, -0.2) is 89.6 Å². The van der Waals surface area contributed by atoms with E-state index in [0.717, 1.165) is 6.07 Å². The van der Waals surface area contributed by atoms with Gasteiger partial charge in [-0.15, -0.1) is 19.8 Å². The fourth-order valence-corrected chi connectivity index (χ4v) is 7.61. The van der Waals surface area contributed by atoms with Crippen LogP contribution in [-0.2, 0) is 29.1 Å². The number of rotatable bonds is 11. The number of alkyl halides is 3. The lowest BCUT2D eigenvalue weighted by molar-refractivity contribution is -0.274. The van der Waals surface area contributed by atoms with Gasteiger partial charge in [-0.2, -0.15) is 0 Å². The molecule has 5 rings (SSSR count). The third kappa shape index (κ3) is 9.13. The van der Waals surface area contributed by atoms with Crippen LogP contribution in [0.5, 0.6) is 11.6 Å². The molecule has 1 saturated heterocycles. The quantitative estimate of drug-likeness (QED) is 0.282. The molecule has 3 fully saturated rings. The topological polar surface area (TPSA) is 182 Å². The molecular weight excluding hydrogens is 723 g/mol. The zero-order valence-corrected chi connectivity index (χ0v) is 31.0.